The van der Waals surface area contributed by atoms with Gasteiger partial charge >= 0.3 is 0 Å². The maximum atomic E-state index is 10.6. The van der Waals surface area contributed by atoms with Crippen molar-refractivity contribution in [2.75, 3.05) is 0 Å². The first-order chi connectivity index (χ1) is 13.0. The van der Waals surface area contributed by atoms with Crippen molar-refractivity contribution in [2.24, 2.45) is 5.73 Å². The Kier molecular flexibility index (Phi) is 11.6. The number of hydrogen-bond donors (Lipinski definition) is 2. The molecule has 3 N–H and O–H groups in total. The van der Waals surface area contributed by atoms with Gasteiger partial charge in [-0.3, -0.25) is 0 Å². The molecule has 0 unspecified atom stereocenters. The first-order valence-corrected chi connectivity index (χ1v) is 11.7. The van der Waals surface area contributed by atoms with Crippen LogP contribution >= 0.6 is 33.9 Å². The molecule has 0 amide bonds. The summed E-state index contributed by atoms with van der Waals surface area (Å²) in [6.07, 6.45) is 2.89. The fraction of sp³-hybridized carbons (Fsp3) is 0.474. The highest BCUT2D eigenvalue weighted by atomic mass is 35.7. The Morgan fingerprint density at radius 2 is 1.38 bits per heavy atom. The van der Waals surface area contributed by atoms with Gasteiger partial charge in [-0.1, -0.05) is 29.3 Å². The molecular weight excluding hydrogens is 455 g/mol. The molecule has 29 heavy (non-hydrogen) atoms. The van der Waals surface area contributed by atoms with Gasteiger partial charge in [0.15, 0.2) is 0 Å². The number of nitrogens with two attached hydrogens (primary N) is 1. The minimum absolute atomic E-state index is 0. The minimum atomic E-state index is -3.67. The monoisotopic (exact) mass is 482 g/mol. The van der Waals surface area contributed by atoms with E-state index >= 15 is 0 Å². The van der Waals surface area contributed by atoms with E-state index in [0.717, 1.165) is 18.3 Å². The first kappa shape index (κ1) is 28.0. The van der Waals surface area contributed by atoms with Crippen LogP contribution in [0, 0.1) is 0 Å². The fourth-order valence-corrected chi connectivity index (χ4v) is 2.29. The van der Waals surface area contributed by atoms with Crippen LogP contribution in [0.25, 0.3) is 0 Å². The number of nitrogens with one attached hydrogen (secondary N) is 1. The molecule has 0 aliphatic carbocycles. The van der Waals surface area contributed by atoms with Crippen molar-refractivity contribution in [3.8, 4) is 0 Å². The fourth-order valence-electron chi connectivity index (χ4n) is 1.38. The van der Waals surface area contributed by atoms with Crippen molar-refractivity contribution in [3.63, 3.8) is 0 Å². The number of rotatable bonds is 3. The summed E-state index contributed by atoms with van der Waals surface area (Å²) in [5.41, 5.74) is 6.64. The highest BCUT2D eigenvalue weighted by molar-refractivity contribution is 8.13. The van der Waals surface area contributed by atoms with E-state index in [4.69, 9.17) is 39.6 Å². The van der Waals surface area contributed by atoms with Gasteiger partial charge < -0.3 is 11.1 Å². The summed E-state index contributed by atoms with van der Waals surface area (Å²) in [6.45, 7) is 13.1. The summed E-state index contributed by atoms with van der Waals surface area (Å²) < 4.78 is 21.3. The van der Waals surface area contributed by atoms with Crippen LogP contribution in [-0.2, 0) is 15.6 Å². The Labute approximate surface area is 188 Å². The lowest BCUT2D eigenvalue weighted by Crippen LogP contribution is -2.35. The number of nitrogens with zero attached hydrogens (tertiary/aromatic N) is 2. The van der Waals surface area contributed by atoms with Crippen LogP contribution in [0.5, 0.6) is 0 Å². The predicted octanol–water partition coefficient (Wildman–Crippen LogP) is 5.03. The van der Waals surface area contributed by atoms with Gasteiger partial charge in [0.05, 0.1) is 0 Å². The zero-order valence-electron chi connectivity index (χ0n) is 17.5. The summed E-state index contributed by atoms with van der Waals surface area (Å²) in [4.78, 5) is 7.50. The summed E-state index contributed by atoms with van der Waals surface area (Å²) in [5.74, 6) is 0. The molecule has 6 nitrogen and oxygen atoms in total. The molecule has 2 heterocycles. The van der Waals surface area contributed by atoms with E-state index in [1.165, 1.54) is 12.1 Å². The van der Waals surface area contributed by atoms with Crippen LogP contribution < -0.4 is 11.1 Å². The minimum Gasteiger partial charge on any atom is -0.326 e. The second-order valence-electron chi connectivity index (χ2n) is 8.21. The molecule has 2 aromatic rings. The van der Waals surface area contributed by atoms with Crippen molar-refractivity contribution in [1.29, 1.82) is 0 Å². The molecule has 0 fully saturated rings. The normalized spacial score (nSPS) is 11.7. The van der Waals surface area contributed by atoms with Crippen LogP contribution in [0.1, 0.15) is 47.1 Å². The molecule has 0 saturated heterocycles. The quantitative estimate of drug-likeness (QED) is 0.469. The van der Waals surface area contributed by atoms with Gasteiger partial charge in [-0.2, -0.15) is 0 Å². The molecule has 0 radical (unpaired) electrons. The van der Waals surface area contributed by atoms with Gasteiger partial charge in [-0.15, -0.1) is 0 Å². The Morgan fingerprint density at radius 3 is 1.69 bits per heavy atom. The molecule has 0 spiro atoms. The van der Waals surface area contributed by atoms with Crippen LogP contribution in [0.15, 0.2) is 41.6 Å². The van der Waals surface area contributed by atoms with E-state index in [2.05, 4.69) is 36.1 Å². The lowest BCUT2D eigenvalue weighted by Gasteiger charge is -2.20. The lowest BCUT2D eigenvalue weighted by molar-refractivity contribution is 0.424. The molecule has 2 aromatic heterocycles. The maximum absolute atomic E-state index is 10.6. The smallest absolute Gasteiger partial charge is 0.262 e. The zero-order valence-corrected chi connectivity index (χ0v) is 20.6. The number of pyridine rings is 2. The van der Waals surface area contributed by atoms with Crippen molar-refractivity contribution in [3.05, 3.63) is 52.5 Å². The number of hydrogen-bond acceptors (Lipinski definition) is 6. The van der Waals surface area contributed by atoms with Gasteiger partial charge in [0.1, 0.15) is 15.2 Å². The third-order valence-corrected chi connectivity index (χ3v) is 4.38. The van der Waals surface area contributed by atoms with Gasteiger partial charge in [0, 0.05) is 40.7 Å². The third-order valence-electron chi connectivity index (χ3n) is 2.59. The van der Waals surface area contributed by atoms with Crippen molar-refractivity contribution in [1.82, 2.24) is 15.3 Å². The maximum Gasteiger partial charge on any atom is 0.262 e. The average Bonchev–Trinajstić information content (AvgIpc) is 2.52. The van der Waals surface area contributed by atoms with Gasteiger partial charge in [0.25, 0.3) is 9.05 Å². The summed E-state index contributed by atoms with van der Waals surface area (Å²) in [7, 11) is 1.33. The molecule has 0 aliphatic rings. The Morgan fingerprint density at radius 1 is 0.931 bits per heavy atom. The molecular formula is C19H29Cl3N4O2S. The van der Waals surface area contributed by atoms with Crippen molar-refractivity contribution in [2.45, 2.75) is 64.1 Å². The van der Waals surface area contributed by atoms with Crippen LogP contribution in [0.3, 0.4) is 0 Å². The van der Waals surface area contributed by atoms with Gasteiger partial charge in [-0.25, -0.2) is 18.4 Å². The van der Waals surface area contributed by atoms with Gasteiger partial charge in [-0.05, 0) is 65.3 Å². The summed E-state index contributed by atoms with van der Waals surface area (Å²) >= 11 is 11.1. The Balaban J connectivity index is 0.000000445. The molecule has 10 heteroatoms. The van der Waals surface area contributed by atoms with Crippen LogP contribution in [-0.4, -0.2) is 29.5 Å². The molecule has 164 valence electrons. The standard InChI is InChI=1S/C10H15ClN2.C5H3Cl2NO2S.C4H11N/c1-10(2,3)13-7-8-4-5-9(11)12-6-8;6-5-2-1-4(3-8-5)11(7,9)10;1-4(2,3)5/h4-6,13H,7H2,1-3H3;1-3H;5H2,1-3H3. The first-order valence-electron chi connectivity index (χ1n) is 8.68. The van der Waals surface area contributed by atoms with E-state index < -0.39 is 9.05 Å². The van der Waals surface area contributed by atoms with Crippen molar-refractivity contribution >= 4 is 42.9 Å². The van der Waals surface area contributed by atoms with Gasteiger partial charge in [0.2, 0.25) is 0 Å². The van der Waals surface area contributed by atoms with Crippen molar-refractivity contribution < 1.29 is 8.42 Å². The second-order valence-corrected chi connectivity index (χ2v) is 11.6. The highest BCUT2D eigenvalue weighted by Crippen LogP contribution is 2.14. The average molecular weight is 484 g/mol. The summed E-state index contributed by atoms with van der Waals surface area (Å²) in [5, 5.41) is 4.15. The summed E-state index contributed by atoms with van der Waals surface area (Å²) in [6, 6.07) is 6.43. The SMILES string of the molecule is CC(C)(C)N.CC(C)(C)NCc1ccc(Cl)nc1.O=S(=O)(Cl)c1ccc(Cl)nc1. The highest BCUT2D eigenvalue weighted by Gasteiger charge is 2.09. The number of aromatic nitrogens is 2. The zero-order chi connectivity index (χ0) is 22.9. The Hall–Kier alpha value is -0.960. The molecule has 2 rings (SSSR count). The van der Waals surface area contributed by atoms with E-state index in [1.807, 2.05) is 26.8 Å². The van der Waals surface area contributed by atoms with E-state index in [9.17, 15) is 8.42 Å². The van der Waals surface area contributed by atoms with Crippen LogP contribution in [0.2, 0.25) is 10.3 Å². The Bertz CT molecular complexity index is 824. The molecule has 0 aliphatic heterocycles. The molecule has 0 atom stereocenters. The van der Waals surface area contributed by atoms with E-state index in [0.29, 0.717) is 5.15 Å². The topological polar surface area (TPSA) is 98.0 Å². The lowest BCUT2D eigenvalue weighted by atomic mass is 10.1. The second kappa shape index (κ2) is 12.0. The largest absolute Gasteiger partial charge is 0.326 e. The molecule has 0 aromatic carbocycles. The van der Waals surface area contributed by atoms with Crippen LogP contribution in [0.4, 0.5) is 0 Å². The van der Waals surface area contributed by atoms with E-state index in [1.54, 1.807) is 12.3 Å². The molecule has 0 saturated carbocycles. The number of halogens is 3. The molecule has 0 bridgehead atoms. The predicted molar refractivity (Wildman–Crippen MR) is 122 cm³/mol. The van der Waals surface area contributed by atoms with E-state index in [-0.39, 0.29) is 21.1 Å². The third kappa shape index (κ3) is 17.6.